The number of carboxylic acid groups (broad SMARTS) is 1. The Morgan fingerprint density at radius 3 is 3.04 bits per heavy atom. The van der Waals surface area contributed by atoms with Crippen molar-refractivity contribution in [1.29, 1.82) is 0 Å². The van der Waals surface area contributed by atoms with Crippen molar-refractivity contribution in [3.05, 3.63) is 42.1 Å². The molecule has 1 saturated heterocycles. The summed E-state index contributed by atoms with van der Waals surface area (Å²) in [6, 6.07) is 0. The molecule has 1 N–H and O–H groups in total. The second kappa shape index (κ2) is 7.84. The molecule has 0 spiro atoms. The maximum atomic E-state index is 11.8. The third-order valence-electron chi connectivity index (χ3n) is 4.46. The summed E-state index contributed by atoms with van der Waals surface area (Å²) >= 11 is 1.18. The van der Waals surface area contributed by atoms with Crippen molar-refractivity contribution in [2.75, 3.05) is 31.7 Å². The van der Waals surface area contributed by atoms with Crippen LogP contribution in [0.4, 0.5) is 5.13 Å². The molecule has 0 amide bonds. The lowest BCUT2D eigenvalue weighted by Crippen LogP contribution is -2.34. The Morgan fingerprint density at radius 2 is 2.38 bits per heavy atom. The van der Waals surface area contributed by atoms with Gasteiger partial charge in [-0.15, -0.1) is 6.58 Å². The molecule has 0 saturated carbocycles. The number of allylic oxidation sites excluding steroid dienone is 1. The Kier molecular flexibility index (Phi) is 5.53. The van der Waals surface area contributed by atoms with Gasteiger partial charge in [0.25, 0.3) is 0 Å². The lowest BCUT2D eigenvalue weighted by molar-refractivity contribution is 0.0702. The first-order valence-corrected chi connectivity index (χ1v) is 9.16. The maximum Gasteiger partial charge on any atom is 0.348 e. The van der Waals surface area contributed by atoms with E-state index in [-0.39, 0.29) is 4.88 Å². The largest absolute Gasteiger partial charge is 0.477 e. The zero-order valence-corrected chi connectivity index (χ0v) is 15.5. The van der Waals surface area contributed by atoms with Crippen molar-refractivity contribution in [1.82, 2.24) is 14.5 Å². The van der Waals surface area contributed by atoms with E-state index in [2.05, 4.69) is 28.0 Å². The first kappa shape index (κ1) is 18.3. The number of carbonyl (C=O) groups is 1. The number of piperidine rings is 1. The number of ether oxygens (including phenoxy) is 1. The molecule has 0 aliphatic carbocycles. The minimum atomic E-state index is -0.996. The predicted molar refractivity (Wildman–Crippen MR) is 102 cm³/mol. The minimum Gasteiger partial charge on any atom is -0.477 e. The zero-order chi connectivity index (χ0) is 18.7. The van der Waals surface area contributed by atoms with E-state index in [1.165, 1.54) is 11.3 Å². The summed E-state index contributed by atoms with van der Waals surface area (Å²) in [6.07, 6.45) is 6.27. The molecule has 8 heteroatoms. The Hall–Kier alpha value is -2.45. The number of rotatable bonds is 7. The van der Waals surface area contributed by atoms with E-state index >= 15 is 0 Å². The smallest absolute Gasteiger partial charge is 0.348 e. The topological polar surface area (TPSA) is 80.5 Å². The van der Waals surface area contributed by atoms with Crippen LogP contribution in [0.25, 0.3) is 11.5 Å². The molecule has 138 valence electrons. The third kappa shape index (κ3) is 3.56. The van der Waals surface area contributed by atoms with Crippen LogP contribution in [0, 0.1) is 5.92 Å². The summed E-state index contributed by atoms with van der Waals surface area (Å²) in [5, 5.41) is 10.3. The van der Waals surface area contributed by atoms with Gasteiger partial charge in [0, 0.05) is 45.1 Å². The number of methoxy groups -OCH3 is 1. The molecule has 1 unspecified atom stereocenters. The van der Waals surface area contributed by atoms with Crippen LogP contribution >= 0.6 is 11.3 Å². The number of hydrogen-bond acceptors (Lipinski definition) is 6. The van der Waals surface area contributed by atoms with Gasteiger partial charge in [-0.2, -0.15) is 0 Å². The van der Waals surface area contributed by atoms with Crippen LogP contribution in [0.2, 0.25) is 0 Å². The summed E-state index contributed by atoms with van der Waals surface area (Å²) < 4.78 is 6.97. The molecule has 7 nitrogen and oxygen atoms in total. The average Bonchev–Trinajstić information content (AvgIpc) is 3.26. The van der Waals surface area contributed by atoms with Crippen molar-refractivity contribution in [3.8, 4) is 11.5 Å². The molecular formula is C18H22N4O3S. The zero-order valence-electron chi connectivity index (χ0n) is 14.7. The van der Waals surface area contributed by atoms with Gasteiger partial charge < -0.3 is 19.3 Å². The molecule has 0 aromatic carbocycles. The number of carboxylic acids is 1. The predicted octanol–water partition coefficient (Wildman–Crippen LogP) is 2.92. The first-order valence-electron chi connectivity index (χ1n) is 8.34. The van der Waals surface area contributed by atoms with E-state index in [1.807, 2.05) is 10.6 Å². The van der Waals surface area contributed by atoms with Crippen molar-refractivity contribution < 1.29 is 14.6 Å². The third-order valence-corrected chi connectivity index (χ3v) is 5.56. The van der Waals surface area contributed by atoms with Crippen LogP contribution in [0.1, 0.15) is 16.1 Å². The van der Waals surface area contributed by atoms with Crippen LogP contribution in [-0.4, -0.2) is 52.4 Å². The van der Waals surface area contributed by atoms with Crippen molar-refractivity contribution in [2.24, 2.45) is 5.92 Å². The standard InChI is InChI=1S/C18H22N4O3S/c1-4-13-5-7-22(11-12(13)2)18-20-14(15(26-18)17(23)24)16-19-6-8-21(16)9-10-25-3/h4,6,8,13H,1-2,5,7,9-11H2,3H3,(H,23,24). The van der Waals surface area contributed by atoms with Gasteiger partial charge in [0.15, 0.2) is 11.0 Å². The Labute approximate surface area is 156 Å². The van der Waals surface area contributed by atoms with Gasteiger partial charge in [0.2, 0.25) is 0 Å². The van der Waals surface area contributed by atoms with E-state index < -0.39 is 5.97 Å². The van der Waals surface area contributed by atoms with E-state index in [0.717, 1.165) is 18.5 Å². The van der Waals surface area contributed by atoms with E-state index in [9.17, 15) is 9.90 Å². The monoisotopic (exact) mass is 374 g/mol. The molecule has 26 heavy (non-hydrogen) atoms. The van der Waals surface area contributed by atoms with Gasteiger partial charge in [-0.25, -0.2) is 14.8 Å². The Balaban J connectivity index is 1.93. The summed E-state index contributed by atoms with van der Waals surface area (Å²) in [4.78, 5) is 23.0. The van der Waals surface area contributed by atoms with E-state index in [4.69, 9.17) is 4.74 Å². The maximum absolute atomic E-state index is 11.8. The van der Waals surface area contributed by atoms with Crippen molar-refractivity contribution >= 4 is 22.4 Å². The van der Waals surface area contributed by atoms with E-state index in [0.29, 0.717) is 42.3 Å². The summed E-state index contributed by atoms with van der Waals surface area (Å²) in [5.74, 6) is -0.149. The first-order chi connectivity index (χ1) is 12.5. The van der Waals surface area contributed by atoms with E-state index in [1.54, 1.807) is 19.5 Å². The lowest BCUT2D eigenvalue weighted by atomic mass is 9.93. The summed E-state index contributed by atoms with van der Waals surface area (Å²) in [5.41, 5.74) is 1.47. The highest BCUT2D eigenvalue weighted by atomic mass is 32.1. The minimum absolute atomic E-state index is 0.196. The number of aromatic carboxylic acids is 1. The van der Waals surface area contributed by atoms with Gasteiger partial charge in [-0.1, -0.05) is 29.6 Å². The van der Waals surface area contributed by atoms with Crippen LogP contribution in [0.5, 0.6) is 0 Å². The second-order valence-corrected chi connectivity index (χ2v) is 7.10. The average molecular weight is 374 g/mol. The van der Waals surface area contributed by atoms with Gasteiger partial charge in [0.05, 0.1) is 6.61 Å². The molecule has 1 fully saturated rings. The molecular weight excluding hydrogens is 352 g/mol. The van der Waals surface area contributed by atoms with Crippen LogP contribution < -0.4 is 4.90 Å². The van der Waals surface area contributed by atoms with Gasteiger partial charge in [-0.05, 0) is 6.42 Å². The number of anilines is 1. The molecule has 2 aromatic rings. The highest BCUT2D eigenvalue weighted by molar-refractivity contribution is 7.17. The van der Waals surface area contributed by atoms with Gasteiger partial charge >= 0.3 is 5.97 Å². The molecule has 2 aromatic heterocycles. The van der Waals surface area contributed by atoms with Crippen LogP contribution in [0.15, 0.2) is 37.2 Å². The summed E-state index contributed by atoms with van der Waals surface area (Å²) in [6.45, 7) is 10.5. The molecule has 1 atom stereocenters. The highest BCUT2D eigenvalue weighted by Crippen LogP contribution is 2.35. The molecule has 1 aliphatic rings. The number of hydrogen-bond donors (Lipinski definition) is 1. The molecule has 3 heterocycles. The van der Waals surface area contributed by atoms with Crippen molar-refractivity contribution in [3.63, 3.8) is 0 Å². The molecule has 0 bridgehead atoms. The fraction of sp³-hybridized carbons (Fsp3) is 0.389. The SMILES string of the molecule is C=CC1CCN(c2nc(-c3nccn3CCOC)c(C(=O)O)s2)CC1=C. The highest BCUT2D eigenvalue weighted by Gasteiger charge is 2.27. The quantitative estimate of drug-likeness (QED) is 0.751. The Bertz CT molecular complexity index is 826. The number of imidazole rings is 1. The van der Waals surface area contributed by atoms with Crippen LogP contribution in [-0.2, 0) is 11.3 Å². The molecule has 1 aliphatic heterocycles. The lowest BCUT2D eigenvalue weighted by Gasteiger charge is -2.32. The molecule has 0 radical (unpaired) electrons. The van der Waals surface area contributed by atoms with Gasteiger partial charge in [0.1, 0.15) is 10.6 Å². The molecule has 3 rings (SSSR count). The second-order valence-electron chi connectivity index (χ2n) is 6.13. The summed E-state index contributed by atoms with van der Waals surface area (Å²) in [7, 11) is 1.62. The van der Waals surface area contributed by atoms with Gasteiger partial charge in [-0.3, -0.25) is 0 Å². The van der Waals surface area contributed by atoms with Crippen molar-refractivity contribution in [2.45, 2.75) is 13.0 Å². The Morgan fingerprint density at radius 1 is 1.58 bits per heavy atom. The van der Waals surface area contributed by atoms with Crippen LogP contribution in [0.3, 0.4) is 0 Å². The number of thiazole rings is 1. The normalized spacial score (nSPS) is 17.5. The number of nitrogens with zero attached hydrogens (tertiary/aromatic N) is 4. The fourth-order valence-corrected chi connectivity index (χ4v) is 3.95. The fourth-order valence-electron chi connectivity index (χ4n) is 3.03. The number of aromatic nitrogens is 3.